The number of likely N-dealkylation sites (tertiary alicyclic amines) is 2. The number of hydrogen-bond acceptors (Lipinski definition) is 11. The number of aryl methyl sites for hydroxylation is 1. The predicted molar refractivity (Wildman–Crippen MR) is 248 cm³/mol. The average Bonchev–Trinajstić information content (AvgIpc) is 4.16. The van der Waals surface area contributed by atoms with Crippen LogP contribution in [0.2, 0.25) is 0 Å². The number of esters is 2. The van der Waals surface area contributed by atoms with Gasteiger partial charge >= 0.3 is 11.9 Å². The van der Waals surface area contributed by atoms with Gasteiger partial charge in [-0.05, 0) is 96.2 Å². The number of benzene rings is 4. The topological polar surface area (TPSA) is 161 Å². The molecule has 0 aliphatic carbocycles. The molecule has 66 heavy (non-hydrogen) atoms. The summed E-state index contributed by atoms with van der Waals surface area (Å²) in [6.07, 6.45) is 3.79. The van der Waals surface area contributed by atoms with Crippen molar-refractivity contribution in [3.63, 3.8) is 0 Å². The third kappa shape index (κ3) is 11.3. The van der Waals surface area contributed by atoms with Crippen molar-refractivity contribution in [1.82, 2.24) is 24.6 Å². The van der Waals surface area contributed by atoms with Crippen LogP contribution < -0.4 is 10.1 Å². The van der Waals surface area contributed by atoms with Gasteiger partial charge in [-0.15, -0.1) is 0 Å². The third-order valence-electron chi connectivity index (χ3n) is 12.2. The number of nitrogens with one attached hydrogen (secondary N) is 1. The number of rotatable bonds is 16. The lowest BCUT2D eigenvalue weighted by molar-refractivity contribution is -0.164. The van der Waals surface area contributed by atoms with Crippen molar-refractivity contribution in [2.75, 3.05) is 13.1 Å². The molecule has 14 heteroatoms. The zero-order valence-corrected chi connectivity index (χ0v) is 38.1. The van der Waals surface area contributed by atoms with Crippen LogP contribution in [0.25, 0.3) is 11.1 Å². The van der Waals surface area contributed by atoms with Crippen molar-refractivity contribution >= 4 is 41.2 Å². The fourth-order valence-electron chi connectivity index (χ4n) is 8.67. The van der Waals surface area contributed by atoms with Crippen LogP contribution in [0.4, 0.5) is 0 Å². The number of nitrogens with zero attached hydrogens (tertiary/aromatic N) is 4. The Bertz CT molecular complexity index is 2660. The Balaban J connectivity index is 0.825. The molecule has 340 valence electrons. The van der Waals surface area contributed by atoms with E-state index in [-0.39, 0.29) is 49.6 Å². The molecule has 4 atom stereocenters. The van der Waals surface area contributed by atoms with E-state index >= 15 is 0 Å². The van der Waals surface area contributed by atoms with Crippen LogP contribution in [-0.4, -0.2) is 68.1 Å². The van der Waals surface area contributed by atoms with Gasteiger partial charge < -0.3 is 29.1 Å². The molecule has 8 rings (SSSR count). The van der Waals surface area contributed by atoms with Gasteiger partial charge in [0.15, 0.2) is 5.76 Å². The smallest absolute Gasteiger partial charge is 0.336 e. The number of ether oxygens (including phenoxy) is 2. The van der Waals surface area contributed by atoms with E-state index in [1.165, 1.54) is 18.5 Å². The first-order chi connectivity index (χ1) is 32.0. The highest BCUT2D eigenvalue weighted by molar-refractivity contribution is 7.05. The van der Waals surface area contributed by atoms with Crippen molar-refractivity contribution in [3.05, 3.63) is 154 Å². The molecule has 2 aromatic heterocycles. The van der Waals surface area contributed by atoms with Gasteiger partial charge in [0.2, 0.25) is 17.7 Å². The average molecular weight is 908 g/mol. The molecule has 2 saturated heterocycles. The quantitative estimate of drug-likeness (QED) is 0.0735. The molecule has 2 aliphatic heterocycles. The number of aromatic nitrogens is 2. The highest BCUT2D eigenvalue weighted by Crippen LogP contribution is 2.36. The van der Waals surface area contributed by atoms with Crippen LogP contribution in [0.5, 0.6) is 11.5 Å². The van der Waals surface area contributed by atoms with E-state index in [0.29, 0.717) is 42.4 Å². The summed E-state index contributed by atoms with van der Waals surface area (Å²) in [6, 6.07) is 35.5. The summed E-state index contributed by atoms with van der Waals surface area (Å²) >= 11 is 1.26. The van der Waals surface area contributed by atoms with Gasteiger partial charge in [0.25, 0.3) is 0 Å². The summed E-state index contributed by atoms with van der Waals surface area (Å²) in [5.74, 6) is -0.923. The molecule has 3 amide bonds. The predicted octanol–water partition coefficient (Wildman–Crippen LogP) is 8.71. The highest BCUT2D eigenvalue weighted by Gasteiger charge is 2.35. The Hall–Kier alpha value is -6.93. The normalized spacial score (nSPS) is 16.7. The van der Waals surface area contributed by atoms with E-state index in [1.54, 1.807) is 13.0 Å². The van der Waals surface area contributed by atoms with E-state index in [2.05, 4.69) is 27.0 Å². The van der Waals surface area contributed by atoms with Crippen molar-refractivity contribution < 1.29 is 38.0 Å². The number of amides is 3. The monoisotopic (exact) mass is 907 g/mol. The summed E-state index contributed by atoms with van der Waals surface area (Å²) in [5.41, 5.74) is 6.06. The molecule has 13 nitrogen and oxygen atoms in total. The zero-order valence-electron chi connectivity index (χ0n) is 37.3. The zero-order chi connectivity index (χ0) is 46.2. The molecule has 0 saturated carbocycles. The molecule has 0 bridgehead atoms. The van der Waals surface area contributed by atoms with Crippen LogP contribution in [-0.2, 0) is 54.4 Å². The number of carbonyl (C=O) groups is 5. The second-order valence-electron chi connectivity index (χ2n) is 17.2. The molecular weight excluding hydrogens is 855 g/mol. The Morgan fingerprint density at radius 3 is 2.05 bits per heavy atom. The first-order valence-electron chi connectivity index (χ1n) is 22.5. The minimum atomic E-state index is -1.16. The maximum Gasteiger partial charge on any atom is 0.336 e. The fraction of sp³-hybridized carbons (Fsp3) is 0.327. The van der Waals surface area contributed by atoms with E-state index in [9.17, 15) is 24.0 Å². The second kappa shape index (κ2) is 20.9. The van der Waals surface area contributed by atoms with Crippen molar-refractivity contribution in [1.29, 1.82) is 0 Å². The van der Waals surface area contributed by atoms with Gasteiger partial charge in [0.05, 0.1) is 42.2 Å². The lowest BCUT2D eigenvalue weighted by atomic mass is 10.0. The first-order valence-corrected chi connectivity index (χ1v) is 23.2. The summed E-state index contributed by atoms with van der Waals surface area (Å²) in [6.45, 7) is 6.12. The van der Waals surface area contributed by atoms with Gasteiger partial charge in [-0.3, -0.25) is 19.2 Å². The van der Waals surface area contributed by atoms with Gasteiger partial charge in [0.1, 0.15) is 17.5 Å². The Morgan fingerprint density at radius 1 is 0.742 bits per heavy atom. The molecule has 1 N–H and O–H groups in total. The SMILES string of the molecule is CC(=O)NC(Cc1cc(C2CCCN2C(=O)Cc2ccc(-c3ccccc3)cc2)sn1)C(=O)OC(=O)C(C)Cc1cc(C2CCCN2C(=O)Cc2ccc(Oc3ccccc3C)cc2)on1. The van der Waals surface area contributed by atoms with Gasteiger partial charge in [-0.2, -0.15) is 4.37 Å². The lowest BCUT2D eigenvalue weighted by Gasteiger charge is -2.23. The van der Waals surface area contributed by atoms with Crippen LogP contribution >= 0.6 is 11.5 Å². The summed E-state index contributed by atoms with van der Waals surface area (Å²) in [7, 11) is 0. The standard InChI is InChI=1S/C52H53N5O8S/c1-33-11-7-8-16-46(33)63-42-23-19-37(20-24-42)29-49(59)56-25-9-14-44(56)47-31-40(54-65-47)27-34(2)51(61)64-52(62)43(53-35(3)58)30-41-32-48(66-55-41)45-15-10-26-57(45)50(60)28-36-17-21-39(22-18-36)38-12-5-4-6-13-38/h4-8,11-13,16-24,31-32,34,43-45H,9-10,14-15,25-30H2,1-3H3,(H,53,58). The van der Waals surface area contributed by atoms with Crippen molar-refractivity contribution in [2.45, 2.75) is 90.3 Å². The largest absolute Gasteiger partial charge is 0.457 e. The third-order valence-corrected chi connectivity index (χ3v) is 13.1. The van der Waals surface area contributed by atoms with Crippen molar-refractivity contribution in [2.24, 2.45) is 5.92 Å². The summed E-state index contributed by atoms with van der Waals surface area (Å²) in [4.78, 5) is 70.6. The maximum absolute atomic E-state index is 13.6. The molecule has 2 fully saturated rings. The molecular formula is C52H53N5O8S. The summed E-state index contributed by atoms with van der Waals surface area (Å²) < 4.78 is 21.6. The first kappa shape index (κ1) is 45.6. The van der Waals surface area contributed by atoms with E-state index in [1.807, 2.05) is 114 Å². The number of hydrogen-bond donors (Lipinski definition) is 1. The van der Waals surface area contributed by atoms with Crippen LogP contribution in [0.15, 0.2) is 120 Å². The molecule has 4 aromatic carbocycles. The molecule has 4 heterocycles. The number of para-hydroxylation sites is 1. The molecule has 0 spiro atoms. The minimum absolute atomic E-state index is 0.00195. The lowest BCUT2D eigenvalue weighted by Crippen LogP contribution is -2.43. The van der Waals surface area contributed by atoms with Crippen LogP contribution in [0.3, 0.4) is 0 Å². The van der Waals surface area contributed by atoms with Gasteiger partial charge in [0, 0.05) is 43.8 Å². The van der Waals surface area contributed by atoms with Gasteiger partial charge in [-0.1, -0.05) is 97.0 Å². The van der Waals surface area contributed by atoms with Crippen molar-refractivity contribution in [3.8, 4) is 22.6 Å². The molecule has 0 radical (unpaired) electrons. The maximum atomic E-state index is 13.6. The Labute approximate surface area is 388 Å². The van der Waals surface area contributed by atoms with E-state index < -0.39 is 29.8 Å². The summed E-state index contributed by atoms with van der Waals surface area (Å²) in [5, 5.41) is 6.81. The second-order valence-corrected chi connectivity index (χ2v) is 18.0. The van der Waals surface area contributed by atoms with Crippen LogP contribution in [0.1, 0.15) is 90.3 Å². The fourth-order valence-corrected chi connectivity index (χ4v) is 9.58. The van der Waals surface area contributed by atoms with Gasteiger partial charge in [-0.25, -0.2) is 4.79 Å². The molecule has 6 aromatic rings. The van der Waals surface area contributed by atoms with Crippen LogP contribution in [0, 0.1) is 12.8 Å². The number of carbonyl (C=O) groups excluding carboxylic acids is 5. The molecule has 4 unspecified atom stereocenters. The minimum Gasteiger partial charge on any atom is -0.457 e. The Morgan fingerprint density at radius 2 is 1.36 bits per heavy atom. The Kier molecular flexibility index (Phi) is 14.5. The van der Waals surface area contributed by atoms with E-state index in [4.69, 9.17) is 14.0 Å². The molecule has 2 aliphatic rings. The highest BCUT2D eigenvalue weighted by atomic mass is 32.1. The van der Waals surface area contributed by atoms with E-state index in [0.717, 1.165) is 57.7 Å².